The molecule has 0 heterocycles. The van der Waals surface area contributed by atoms with E-state index >= 15 is 0 Å². The Balaban J connectivity index is 1.86. The molecule has 1 unspecified atom stereocenters. The van der Waals surface area contributed by atoms with E-state index in [1.165, 1.54) is 12.1 Å². The van der Waals surface area contributed by atoms with Gasteiger partial charge in [0.05, 0.1) is 15.5 Å². The molecule has 1 aliphatic carbocycles. The summed E-state index contributed by atoms with van der Waals surface area (Å²) >= 11 is 3.26. The van der Waals surface area contributed by atoms with E-state index in [-0.39, 0.29) is 12.3 Å². The number of nitrogens with zero attached hydrogens (tertiary/aromatic N) is 1. The summed E-state index contributed by atoms with van der Waals surface area (Å²) in [5, 5.41) is 23.6. The monoisotopic (exact) mass is 330 g/mol. The Bertz CT molecular complexity index is 465. The summed E-state index contributed by atoms with van der Waals surface area (Å²) in [6, 6.07) is 4.81. The topological polar surface area (TPSA) is 84.6 Å². The molecule has 1 saturated carbocycles. The van der Waals surface area contributed by atoms with Crippen LogP contribution in [-0.2, 0) is 0 Å². The number of non-ortho nitro benzene ring substituents is 1. The Morgan fingerprint density at radius 2 is 2.32 bits per heavy atom. The fourth-order valence-electron chi connectivity index (χ4n) is 1.55. The molecule has 0 spiro atoms. The molecule has 6 nitrogen and oxygen atoms in total. The lowest BCUT2D eigenvalue weighted by Crippen LogP contribution is -2.32. The minimum Gasteiger partial charge on any atom is -0.489 e. The van der Waals surface area contributed by atoms with Crippen LogP contribution in [0, 0.1) is 10.1 Å². The van der Waals surface area contributed by atoms with Crippen molar-refractivity contribution in [2.75, 3.05) is 13.2 Å². The van der Waals surface area contributed by atoms with Gasteiger partial charge in [-0.15, -0.1) is 0 Å². The lowest BCUT2D eigenvalue weighted by atomic mass is 10.3. The Labute approximate surface area is 119 Å². The van der Waals surface area contributed by atoms with Crippen LogP contribution in [0.1, 0.15) is 12.8 Å². The number of ether oxygens (including phenoxy) is 1. The largest absolute Gasteiger partial charge is 0.489 e. The number of nitro benzene ring substituents is 1. The molecule has 2 rings (SSSR count). The quantitative estimate of drug-likeness (QED) is 0.588. The molecule has 0 saturated heterocycles. The van der Waals surface area contributed by atoms with Gasteiger partial charge in [-0.3, -0.25) is 10.1 Å². The summed E-state index contributed by atoms with van der Waals surface area (Å²) < 4.78 is 6.03. The molecule has 1 atom stereocenters. The number of halogens is 1. The minimum absolute atomic E-state index is 0.0382. The van der Waals surface area contributed by atoms with Crippen LogP contribution in [0.3, 0.4) is 0 Å². The van der Waals surface area contributed by atoms with Gasteiger partial charge in [-0.05, 0) is 34.8 Å². The third kappa shape index (κ3) is 4.45. The van der Waals surface area contributed by atoms with Gasteiger partial charge in [0.2, 0.25) is 0 Å². The molecule has 0 radical (unpaired) electrons. The maximum Gasteiger partial charge on any atom is 0.273 e. The molecule has 0 amide bonds. The van der Waals surface area contributed by atoms with Gasteiger partial charge in [0.15, 0.2) is 0 Å². The summed E-state index contributed by atoms with van der Waals surface area (Å²) in [7, 11) is 0. The van der Waals surface area contributed by atoms with Crippen LogP contribution >= 0.6 is 15.9 Å². The SMILES string of the molecule is O=[N+]([O-])c1ccc(Br)c(OCC(O)CNC2CC2)c1. The van der Waals surface area contributed by atoms with E-state index in [1.807, 2.05) is 0 Å². The number of benzene rings is 1. The average Bonchev–Trinajstić information content (AvgIpc) is 3.19. The van der Waals surface area contributed by atoms with Gasteiger partial charge in [0, 0.05) is 18.7 Å². The highest BCUT2D eigenvalue weighted by atomic mass is 79.9. The zero-order chi connectivity index (χ0) is 13.8. The maximum absolute atomic E-state index is 10.7. The van der Waals surface area contributed by atoms with E-state index in [1.54, 1.807) is 6.07 Å². The molecule has 1 aromatic rings. The molecular formula is C12H15BrN2O4. The van der Waals surface area contributed by atoms with Crippen molar-refractivity contribution in [1.82, 2.24) is 5.32 Å². The summed E-state index contributed by atoms with van der Waals surface area (Å²) in [6.07, 6.45) is 1.68. The first-order valence-corrected chi connectivity index (χ1v) is 6.83. The van der Waals surface area contributed by atoms with Crippen molar-refractivity contribution in [2.45, 2.75) is 25.0 Å². The minimum atomic E-state index is -0.633. The fraction of sp³-hybridized carbons (Fsp3) is 0.500. The predicted molar refractivity (Wildman–Crippen MR) is 73.3 cm³/mol. The van der Waals surface area contributed by atoms with Crippen LogP contribution in [0.4, 0.5) is 5.69 Å². The van der Waals surface area contributed by atoms with Crippen molar-refractivity contribution < 1.29 is 14.8 Å². The lowest BCUT2D eigenvalue weighted by Gasteiger charge is -2.13. The Hall–Kier alpha value is -1.18. The second-order valence-electron chi connectivity index (χ2n) is 4.52. The van der Waals surface area contributed by atoms with E-state index < -0.39 is 11.0 Å². The van der Waals surface area contributed by atoms with Crippen LogP contribution in [0.15, 0.2) is 22.7 Å². The van der Waals surface area contributed by atoms with Crippen molar-refractivity contribution in [3.63, 3.8) is 0 Å². The van der Waals surface area contributed by atoms with Crippen LogP contribution in [0.5, 0.6) is 5.75 Å². The second kappa shape index (κ2) is 6.31. The fourth-order valence-corrected chi connectivity index (χ4v) is 1.91. The van der Waals surface area contributed by atoms with E-state index in [9.17, 15) is 15.2 Å². The van der Waals surface area contributed by atoms with Gasteiger partial charge in [-0.2, -0.15) is 0 Å². The van der Waals surface area contributed by atoms with Gasteiger partial charge in [-0.25, -0.2) is 0 Å². The molecule has 104 valence electrons. The summed E-state index contributed by atoms with van der Waals surface area (Å²) in [5.41, 5.74) is -0.0382. The maximum atomic E-state index is 10.7. The van der Waals surface area contributed by atoms with Gasteiger partial charge < -0.3 is 15.2 Å². The zero-order valence-electron chi connectivity index (χ0n) is 10.2. The number of aliphatic hydroxyl groups is 1. The zero-order valence-corrected chi connectivity index (χ0v) is 11.8. The number of rotatable bonds is 7. The van der Waals surface area contributed by atoms with Crippen molar-refractivity contribution >= 4 is 21.6 Å². The number of hydrogen-bond donors (Lipinski definition) is 2. The van der Waals surface area contributed by atoms with Crippen molar-refractivity contribution in [3.8, 4) is 5.75 Å². The van der Waals surface area contributed by atoms with Crippen LogP contribution in [0.2, 0.25) is 0 Å². The standard InChI is InChI=1S/C12H15BrN2O4/c13-11-4-3-9(15(17)18)5-12(11)19-7-10(16)6-14-8-1-2-8/h3-5,8,10,14,16H,1-2,6-7H2. The number of nitrogens with one attached hydrogen (secondary N) is 1. The Morgan fingerprint density at radius 3 is 2.95 bits per heavy atom. The normalized spacial score (nSPS) is 16.1. The van der Waals surface area contributed by atoms with Gasteiger partial charge >= 0.3 is 0 Å². The first-order valence-electron chi connectivity index (χ1n) is 6.04. The smallest absolute Gasteiger partial charge is 0.273 e. The Morgan fingerprint density at radius 1 is 1.58 bits per heavy atom. The number of hydrogen-bond acceptors (Lipinski definition) is 5. The summed E-state index contributed by atoms with van der Waals surface area (Å²) in [4.78, 5) is 10.2. The van der Waals surface area contributed by atoms with Crippen LogP contribution in [-0.4, -0.2) is 35.3 Å². The van der Waals surface area contributed by atoms with E-state index in [4.69, 9.17) is 4.74 Å². The van der Waals surface area contributed by atoms with Crippen molar-refractivity contribution in [1.29, 1.82) is 0 Å². The molecule has 0 aliphatic heterocycles. The van der Waals surface area contributed by atoms with E-state index in [2.05, 4.69) is 21.2 Å². The average molecular weight is 331 g/mol. The first kappa shape index (κ1) is 14.2. The van der Waals surface area contributed by atoms with Crippen molar-refractivity contribution in [3.05, 3.63) is 32.8 Å². The van der Waals surface area contributed by atoms with Crippen LogP contribution in [0.25, 0.3) is 0 Å². The third-order valence-corrected chi connectivity index (χ3v) is 3.43. The van der Waals surface area contributed by atoms with Gasteiger partial charge in [0.1, 0.15) is 18.5 Å². The number of aliphatic hydroxyl groups excluding tert-OH is 1. The molecule has 0 aromatic heterocycles. The molecule has 1 aromatic carbocycles. The van der Waals surface area contributed by atoms with Crippen molar-refractivity contribution in [2.24, 2.45) is 0 Å². The molecule has 7 heteroatoms. The second-order valence-corrected chi connectivity index (χ2v) is 5.37. The Kier molecular flexibility index (Phi) is 4.73. The third-order valence-electron chi connectivity index (χ3n) is 2.78. The van der Waals surface area contributed by atoms with Gasteiger partial charge in [0.25, 0.3) is 5.69 Å². The molecule has 2 N–H and O–H groups in total. The molecule has 0 bridgehead atoms. The van der Waals surface area contributed by atoms with Crippen LogP contribution < -0.4 is 10.1 Å². The number of nitro groups is 1. The molecule has 19 heavy (non-hydrogen) atoms. The summed E-state index contributed by atoms with van der Waals surface area (Å²) in [5.74, 6) is 0.361. The predicted octanol–water partition coefficient (Wildman–Crippen LogP) is 1.85. The highest BCUT2D eigenvalue weighted by molar-refractivity contribution is 9.10. The van der Waals surface area contributed by atoms with E-state index in [0.29, 0.717) is 22.8 Å². The first-order chi connectivity index (χ1) is 9.06. The summed E-state index contributed by atoms with van der Waals surface area (Å²) in [6.45, 7) is 0.566. The lowest BCUT2D eigenvalue weighted by molar-refractivity contribution is -0.385. The highest BCUT2D eigenvalue weighted by Crippen LogP contribution is 2.29. The molecular weight excluding hydrogens is 316 g/mol. The van der Waals surface area contributed by atoms with E-state index in [0.717, 1.165) is 12.8 Å². The highest BCUT2D eigenvalue weighted by Gasteiger charge is 2.21. The van der Waals surface area contributed by atoms with Gasteiger partial charge in [-0.1, -0.05) is 0 Å². The molecule has 1 fully saturated rings. The molecule has 1 aliphatic rings.